The van der Waals surface area contributed by atoms with Crippen LogP contribution in [0.4, 0.5) is 4.39 Å². The minimum Gasteiger partial charge on any atom is -0.393 e. The van der Waals surface area contributed by atoms with Gasteiger partial charge in [-0.1, -0.05) is 30.3 Å². The normalized spacial score (nSPS) is 21.8. The SMILES string of the molecule is Cc1cc(C(=O)N2CC(c3ccccc3)C(F)(CO)C2)ccc1-n1cccn1. The van der Waals surface area contributed by atoms with Crippen molar-refractivity contribution in [3.8, 4) is 5.69 Å². The molecule has 1 N–H and O–H groups in total. The summed E-state index contributed by atoms with van der Waals surface area (Å²) in [6.45, 7) is 1.41. The molecule has 1 amide bonds. The molecule has 144 valence electrons. The van der Waals surface area contributed by atoms with Crippen LogP contribution >= 0.6 is 0 Å². The Morgan fingerprint density at radius 3 is 2.68 bits per heavy atom. The summed E-state index contributed by atoms with van der Waals surface area (Å²) in [4.78, 5) is 14.5. The molecule has 2 unspecified atom stereocenters. The lowest BCUT2D eigenvalue weighted by atomic mass is 9.87. The van der Waals surface area contributed by atoms with Gasteiger partial charge in [-0.15, -0.1) is 0 Å². The number of benzene rings is 2. The number of aliphatic hydroxyl groups is 1. The maximum atomic E-state index is 15.4. The molecule has 5 nitrogen and oxygen atoms in total. The highest BCUT2D eigenvalue weighted by Gasteiger charge is 2.49. The number of amides is 1. The van der Waals surface area contributed by atoms with Gasteiger partial charge in [0.15, 0.2) is 5.67 Å². The summed E-state index contributed by atoms with van der Waals surface area (Å²) < 4.78 is 17.1. The van der Waals surface area contributed by atoms with Crippen molar-refractivity contribution in [1.82, 2.24) is 14.7 Å². The molecule has 28 heavy (non-hydrogen) atoms. The molecule has 0 bridgehead atoms. The van der Waals surface area contributed by atoms with E-state index in [4.69, 9.17) is 0 Å². The summed E-state index contributed by atoms with van der Waals surface area (Å²) >= 11 is 0. The topological polar surface area (TPSA) is 58.4 Å². The second-order valence-corrected chi connectivity index (χ2v) is 7.29. The van der Waals surface area contributed by atoms with Crippen LogP contribution in [0, 0.1) is 6.92 Å². The van der Waals surface area contributed by atoms with Crippen LogP contribution in [-0.4, -0.2) is 51.1 Å². The van der Waals surface area contributed by atoms with Crippen molar-refractivity contribution < 1.29 is 14.3 Å². The fourth-order valence-electron chi connectivity index (χ4n) is 3.92. The van der Waals surface area contributed by atoms with Gasteiger partial charge >= 0.3 is 0 Å². The van der Waals surface area contributed by atoms with Crippen molar-refractivity contribution in [3.63, 3.8) is 0 Å². The second kappa shape index (κ2) is 7.20. The monoisotopic (exact) mass is 379 g/mol. The van der Waals surface area contributed by atoms with Crippen molar-refractivity contribution in [3.05, 3.63) is 83.7 Å². The maximum absolute atomic E-state index is 15.4. The van der Waals surface area contributed by atoms with Crippen LogP contribution in [0.25, 0.3) is 5.69 Å². The van der Waals surface area contributed by atoms with Crippen molar-refractivity contribution in [2.75, 3.05) is 19.7 Å². The van der Waals surface area contributed by atoms with Crippen LogP contribution in [0.5, 0.6) is 0 Å². The summed E-state index contributed by atoms with van der Waals surface area (Å²) in [5, 5.41) is 13.9. The molecule has 0 saturated carbocycles. The van der Waals surface area contributed by atoms with Crippen LogP contribution in [-0.2, 0) is 0 Å². The molecule has 4 rings (SSSR count). The summed E-state index contributed by atoms with van der Waals surface area (Å²) in [6, 6.07) is 16.4. The van der Waals surface area contributed by atoms with Gasteiger partial charge in [-0.05, 0) is 42.3 Å². The average molecular weight is 379 g/mol. The van der Waals surface area contributed by atoms with Crippen LogP contribution in [0.2, 0.25) is 0 Å². The Bertz CT molecular complexity index is 975. The lowest BCUT2D eigenvalue weighted by Gasteiger charge is -2.23. The number of hydrogen-bond acceptors (Lipinski definition) is 3. The van der Waals surface area contributed by atoms with Crippen LogP contribution in [0.1, 0.15) is 27.4 Å². The summed E-state index contributed by atoms with van der Waals surface area (Å²) in [5.41, 5.74) is 1.24. The first kappa shape index (κ1) is 18.4. The van der Waals surface area contributed by atoms with Gasteiger partial charge in [-0.25, -0.2) is 9.07 Å². The molecule has 1 aliphatic rings. The van der Waals surface area contributed by atoms with Crippen molar-refractivity contribution in [2.24, 2.45) is 0 Å². The first-order valence-corrected chi connectivity index (χ1v) is 9.26. The zero-order chi connectivity index (χ0) is 19.7. The largest absolute Gasteiger partial charge is 0.393 e. The van der Waals surface area contributed by atoms with E-state index in [9.17, 15) is 9.90 Å². The third-order valence-electron chi connectivity index (χ3n) is 5.43. The highest BCUT2D eigenvalue weighted by atomic mass is 19.1. The third-order valence-corrected chi connectivity index (χ3v) is 5.43. The van der Waals surface area contributed by atoms with Gasteiger partial charge in [0.1, 0.15) is 0 Å². The van der Waals surface area contributed by atoms with E-state index in [0.29, 0.717) is 5.56 Å². The van der Waals surface area contributed by atoms with Crippen LogP contribution < -0.4 is 0 Å². The molecule has 0 radical (unpaired) electrons. The molecular weight excluding hydrogens is 357 g/mol. The number of aliphatic hydroxyl groups excluding tert-OH is 1. The first-order valence-electron chi connectivity index (χ1n) is 9.26. The Labute approximate surface area is 163 Å². The number of aromatic nitrogens is 2. The Morgan fingerprint density at radius 1 is 1.25 bits per heavy atom. The Hall–Kier alpha value is -2.99. The van der Waals surface area contributed by atoms with Gasteiger partial charge in [-0.3, -0.25) is 4.79 Å². The zero-order valence-electron chi connectivity index (χ0n) is 15.6. The maximum Gasteiger partial charge on any atom is 0.253 e. The molecule has 0 spiro atoms. The highest BCUT2D eigenvalue weighted by molar-refractivity contribution is 5.95. The molecule has 3 aromatic rings. The Balaban J connectivity index is 1.59. The number of aryl methyl sites for hydroxylation is 1. The van der Waals surface area contributed by atoms with Gasteiger partial charge in [0, 0.05) is 30.4 Å². The molecule has 1 fully saturated rings. The number of rotatable bonds is 4. The van der Waals surface area contributed by atoms with E-state index in [1.165, 1.54) is 4.90 Å². The number of nitrogens with zero attached hydrogens (tertiary/aromatic N) is 3. The molecule has 2 heterocycles. The molecule has 6 heteroatoms. The fourth-order valence-corrected chi connectivity index (χ4v) is 3.92. The van der Waals surface area contributed by atoms with Crippen molar-refractivity contribution in [2.45, 2.75) is 18.5 Å². The predicted octanol–water partition coefficient (Wildman–Crippen LogP) is 3.12. The zero-order valence-corrected chi connectivity index (χ0v) is 15.6. The van der Waals surface area contributed by atoms with E-state index in [0.717, 1.165) is 16.8 Å². The summed E-state index contributed by atoms with van der Waals surface area (Å²) in [7, 11) is 0. The third kappa shape index (κ3) is 3.20. The molecule has 1 aliphatic heterocycles. The van der Waals surface area contributed by atoms with Gasteiger partial charge < -0.3 is 10.0 Å². The van der Waals surface area contributed by atoms with Gasteiger partial charge in [0.2, 0.25) is 0 Å². The van der Waals surface area contributed by atoms with Crippen LogP contribution in [0.15, 0.2) is 67.0 Å². The van der Waals surface area contributed by atoms with E-state index in [1.807, 2.05) is 55.6 Å². The Kier molecular flexibility index (Phi) is 4.73. The number of carbonyl (C=O) groups excluding carboxylic acids is 1. The van der Waals surface area contributed by atoms with E-state index < -0.39 is 18.2 Å². The standard InChI is InChI=1S/C22H22FN3O2/c1-16-12-18(8-9-20(16)26-11-5-10-24-26)21(28)25-13-19(22(23,14-25)15-27)17-6-3-2-4-7-17/h2-12,19,27H,13-15H2,1H3. The van der Waals surface area contributed by atoms with Crippen molar-refractivity contribution >= 4 is 5.91 Å². The predicted molar refractivity (Wildman–Crippen MR) is 104 cm³/mol. The minimum atomic E-state index is -1.85. The van der Waals surface area contributed by atoms with E-state index >= 15 is 4.39 Å². The average Bonchev–Trinajstić information content (AvgIpc) is 3.36. The number of carbonyl (C=O) groups is 1. The smallest absolute Gasteiger partial charge is 0.253 e. The summed E-state index contributed by atoms with van der Waals surface area (Å²) in [6.07, 6.45) is 3.54. The number of alkyl halides is 1. The number of hydrogen-bond donors (Lipinski definition) is 1. The van der Waals surface area contributed by atoms with E-state index in [1.54, 1.807) is 23.0 Å². The van der Waals surface area contributed by atoms with Crippen LogP contribution in [0.3, 0.4) is 0 Å². The van der Waals surface area contributed by atoms with E-state index in [2.05, 4.69) is 5.10 Å². The molecule has 2 atom stereocenters. The summed E-state index contributed by atoms with van der Waals surface area (Å²) in [5.74, 6) is -0.781. The quantitative estimate of drug-likeness (QED) is 0.758. The van der Waals surface area contributed by atoms with Crippen molar-refractivity contribution in [1.29, 1.82) is 0 Å². The first-order chi connectivity index (χ1) is 13.5. The lowest BCUT2D eigenvalue weighted by Crippen LogP contribution is -2.37. The van der Waals surface area contributed by atoms with Gasteiger partial charge in [0.25, 0.3) is 5.91 Å². The second-order valence-electron chi connectivity index (χ2n) is 7.29. The molecule has 0 aliphatic carbocycles. The fraction of sp³-hybridized carbons (Fsp3) is 0.273. The van der Waals surface area contributed by atoms with Gasteiger partial charge in [0.05, 0.1) is 18.8 Å². The molecule has 1 aromatic heterocycles. The Morgan fingerprint density at radius 2 is 2.04 bits per heavy atom. The molecular formula is C22H22FN3O2. The highest BCUT2D eigenvalue weighted by Crippen LogP contribution is 2.39. The van der Waals surface area contributed by atoms with E-state index in [-0.39, 0.29) is 19.0 Å². The minimum absolute atomic E-state index is 0.123. The lowest BCUT2D eigenvalue weighted by molar-refractivity contribution is 0.0576. The van der Waals surface area contributed by atoms with Gasteiger partial charge in [-0.2, -0.15) is 5.10 Å². The molecule has 1 saturated heterocycles. The number of likely N-dealkylation sites (tertiary alicyclic amines) is 1. The number of halogens is 1. The molecule has 2 aromatic carbocycles.